The summed E-state index contributed by atoms with van der Waals surface area (Å²) in [4.78, 5) is 4.41. The summed E-state index contributed by atoms with van der Waals surface area (Å²) in [5, 5.41) is 3.49. The van der Waals surface area contributed by atoms with Gasteiger partial charge in [-0.25, -0.2) is 4.98 Å². The van der Waals surface area contributed by atoms with E-state index in [9.17, 15) is 0 Å². The maximum absolute atomic E-state index is 4.41. The summed E-state index contributed by atoms with van der Waals surface area (Å²) in [5.74, 6) is 1.32. The van der Waals surface area contributed by atoms with Crippen molar-refractivity contribution >= 4 is 11.8 Å². The molecule has 2 aliphatic rings. The summed E-state index contributed by atoms with van der Waals surface area (Å²) in [6.45, 7) is 8.10. The molecule has 3 heterocycles. The molecule has 0 saturated carbocycles. The third kappa shape index (κ3) is 2.21. The Bertz CT molecular complexity index is 414. The Balaban J connectivity index is 1.83. The lowest BCUT2D eigenvalue weighted by molar-refractivity contribution is 0.438. The quantitative estimate of drug-likeness (QED) is 0.910. The van der Waals surface area contributed by atoms with Crippen molar-refractivity contribution in [2.75, 3.05) is 18.8 Å². The standard InChI is InChI=1S/C14H23N3S/c1-13(5-6-15-9-13)12-8-16-11-17(12)10-14(2)4-3-7-18-14/h8,11,15H,3-7,9-10H2,1-2H3. The smallest absolute Gasteiger partial charge is 0.0948 e. The Labute approximate surface area is 114 Å². The number of aromatic nitrogens is 2. The maximum Gasteiger partial charge on any atom is 0.0948 e. The zero-order chi connectivity index (χ0) is 12.6. The average Bonchev–Trinajstić information content (AvgIpc) is 3.01. The van der Waals surface area contributed by atoms with Gasteiger partial charge in [-0.3, -0.25) is 0 Å². The summed E-state index contributed by atoms with van der Waals surface area (Å²) < 4.78 is 2.82. The van der Waals surface area contributed by atoms with E-state index in [4.69, 9.17) is 0 Å². The zero-order valence-corrected chi connectivity index (χ0v) is 12.2. The van der Waals surface area contributed by atoms with Crippen LogP contribution in [-0.4, -0.2) is 33.1 Å². The van der Waals surface area contributed by atoms with Gasteiger partial charge in [-0.1, -0.05) is 6.92 Å². The van der Waals surface area contributed by atoms with E-state index in [2.05, 4.69) is 46.7 Å². The number of imidazole rings is 1. The fourth-order valence-electron chi connectivity index (χ4n) is 3.31. The minimum atomic E-state index is 0.274. The van der Waals surface area contributed by atoms with Crippen molar-refractivity contribution in [2.24, 2.45) is 0 Å². The van der Waals surface area contributed by atoms with Gasteiger partial charge in [0.1, 0.15) is 0 Å². The van der Waals surface area contributed by atoms with Crippen LogP contribution in [0.3, 0.4) is 0 Å². The molecule has 3 rings (SSSR count). The monoisotopic (exact) mass is 265 g/mol. The van der Waals surface area contributed by atoms with E-state index in [0.29, 0.717) is 4.75 Å². The van der Waals surface area contributed by atoms with Crippen LogP contribution in [0.15, 0.2) is 12.5 Å². The number of thioether (sulfide) groups is 1. The molecule has 0 radical (unpaired) electrons. The fourth-order valence-corrected chi connectivity index (χ4v) is 4.61. The van der Waals surface area contributed by atoms with Crippen LogP contribution in [0, 0.1) is 0 Å². The number of nitrogens with zero attached hydrogens (tertiary/aromatic N) is 2. The van der Waals surface area contributed by atoms with Crippen LogP contribution < -0.4 is 5.32 Å². The zero-order valence-electron chi connectivity index (χ0n) is 11.4. The van der Waals surface area contributed by atoms with Gasteiger partial charge in [0.25, 0.3) is 0 Å². The fraction of sp³-hybridized carbons (Fsp3) is 0.786. The second kappa shape index (κ2) is 4.57. The molecule has 1 aromatic heterocycles. The minimum absolute atomic E-state index is 0.274. The highest BCUT2D eigenvalue weighted by Crippen LogP contribution is 2.40. The van der Waals surface area contributed by atoms with Crippen molar-refractivity contribution in [3.63, 3.8) is 0 Å². The lowest BCUT2D eigenvalue weighted by Crippen LogP contribution is -2.31. The Kier molecular flexibility index (Phi) is 3.18. The molecule has 0 spiro atoms. The molecule has 0 aromatic carbocycles. The van der Waals surface area contributed by atoms with E-state index in [0.717, 1.165) is 19.6 Å². The van der Waals surface area contributed by atoms with Crippen LogP contribution in [0.2, 0.25) is 0 Å². The van der Waals surface area contributed by atoms with Crippen molar-refractivity contribution in [3.8, 4) is 0 Å². The number of rotatable bonds is 3. The molecule has 0 bridgehead atoms. The molecule has 2 saturated heterocycles. The molecule has 0 aliphatic carbocycles. The topological polar surface area (TPSA) is 29.9 Å². The van der Waals surface area contributed by atoms with Crippen LogP contribution in [0.1, 0.15) is 38.8 Å². The third-order valence-corrected chi connectivity index (χ3v) is 6.03. The van der Waals surface area contributed by atoms with Crippen molar-refractivity contribution < 1.29 is 0 Å². The lowest BCUT2D eigenvalue weighted by Gasteiger charge is -2.29. The first-order chi connectivity index (χ1) is 8.61. The normalized spacial score (nSPS) is 36.3. The minimum Gasteiger partial charge on any atom is -0.333 e. The predicted octanol–water partition coefficient (Wildman–Crippen LogP) is 2.42. The molecule has 0 amide bonds. The van der Waals surface area contributed by atoms with Gasteiger partial charge in [0.15, 0.2) is 0 Å². The number of nitrogens with one attached hydrogen (secondary N) is 1. The van der Waals surface area contributed by atoms with E-state index in [1.165, 1.54) is 30.7 Å². The first-order valence-electron chi connectivity index (χ1n) is 6.97. The van der Waals surface area contributed by atoms with Crippen LogP contribution in [0.4, 0.5) is 0 Å². The lowest BCUT2D eigenvalue weighted by atomic mass is 9.86. The highest BCUT2D eigenvalue weighted by molar-refractivity contribution is 8.00. The number of hydrogen-bond acceptors (Lipinski definition) is 3. The van der Waals surface area contributed by atoms with E-state index < -0.39 is 0 Å². The van der Waals surface area contributed by atoms with E-state index in [1.54, 1.807) is 0 Å². The summed E-state index contributed by atoms with van der Waals surface area (Å²) in [6, 6.07) is 0. The summed E-state index contributed by atoms with van der Waals surface area (Å²) in [5.41, 5.74) is 1.69. The Hall–Kier alpha value is -0.480. The van der Waals surface area contributed by atoms with Gasteiger partial charge >= 0.3 is 0 Å². The molecule has 100 valence electrons. The largest absolute Gasteiger partial charge is 0.333 e. The molecule has 3 nitrogen and oxygen atoms in total. The molecule has 4 heteroatoms. The second-order valence-electron chi connectivity index (χ2n) is 6.30. The first-order valence-corrected chi connectivity index (χ1v) is 7.95. The molecular formula is C14H23N3S. The van der Waals surface area contributed by atoms with Gasteiger partial charge in [0.2, 0.25) is 0 Å². The highest BCUT2D eigenvalue weighted by Gasteiger charge is 2.36. The van der Waals surface area contributed by atoms with Crippen molar-refractivity contribution in [1.29, 1.82) is 0 Å². The van der Waals surface area contributed by atoms with Crippen molar-refractivity contribution in [3.05, 3.63) is 18.2 Å². The molecule has 18 heavy (non-hydrogen) atoms. The maximum atomic E-state index is 4.41. The van der Waals surface area contributed by atoms with Gasteiger partial charge in [-0.2, -0.15) is 11.8 Å². The summed E-state index contributed by atoms with van der Waals surface area (Å²) in [7, 11) is 0. The van der Waals surface area contributed by atoms with Gasteiger partial charge in [0, 0.05) is 35.1 Å². The molecule has 1 aromatic rings. The Morgan fingerprint density at radius 2 is 2.33 bits per heavy atom. The SMILES string of the molecule is CC1(Cn2cncc2C2(C)CCNC2)CCCS1. The third-order valence-electron chi connectivity index (χ3n) is 4.50. The summed E-state index contributed by atoms with van der Waals surface area (Å²) in [6.07, 6.45) is 8.04. The Morgan fingerprint density at radius 1 is 1.44 bits per heavy atom. The van der Waals surface area contributed by atoms with Crippen LogP contribution in [0.5, 0.6) is 0 Å². The van der Waals surface area contributed by atoms with E-state index in [-0.39, 0.29) is 5.41 Å². The predicted molar refractivity (Wildman–Crippen MR) is 77.2 cm³/mol. The van der Waals surface area contributed by atoms with Gasteiger partial charge in [-0.05, 0) is 38.5 Å². The van der Waals surface area contributed by atoms with Crippen molar-refractivity contribution in [2.45, 2.75) is 49.8 Å². The molecule has 2 fully saturated rings. The van der Waals surface area contributed by atoms with E-state index in [1.807, 2.05) is 6.33 Å². The average molecular weight is 265 g/mol. The number of hydrogen-bond donors (Lipinski definition) is 1. The second-order valence-corrected chi connectivity index (χ2v) is 7.98. The van der Waals surface area contributed by atoms with Crippen LogP contribution in [0.25, 0.3) is 0 Å². The molecule has 1 N–H and O–H groups in total. The Morgan fingerprint density at radius 3 is 3.00 bits per heavy atom. The van der Waals surface area contributed by atoms with Gasteiger partial charge in [0.05, 0.1) is 6.33 Å². The van der Waals surface area contributed by atoms with Crippen LogP contribution in [-0.2, 0) is 12.0 Å². The molecule has 2 aliphatic heterocycles. The van der Waals surface area contributed by atoms with Crippen LogP contribution >= 0.6 is 11.8 Å². The summed E-state index contributed by atoms with van der Waals surface area (Å²) >= 11 is 2.13. The molecular weight excluding hydrogens is 242 g/mol. The first kappa shape index (κ1) is 12.5. The molecule has 2 unspecified atom stereocenters. The van der Waals surface area contributed by atoms with Gasteiger partial charge in [-0.15, -0.1) is 0 Å². The van der Waals surface area contributed by atoms with Gasteiger partial charge < -0.3 is 9.88 Å². The van der Waals surface area contributed by atoms with Crippen molar-refractivity contribution in [1.82, 2.24) is 14.9 Å². The van der Waals surface area contributed by atoms with E-state index >= 15 is 0 Å². The highest BCUT2D eigenvalue weighted by atomic mass is 32.2. The molecule has 2 atom stereocenters.